The van der Waals surface area contributed by atoms with E-state index < -0.39 is 0 Å². The molecule has 7 heteroatoms. The molecule has 0 fully saturated rings. The number of aromatic nitrogens is 4. The zero-order valence-corrected chi connectivity index (χ0v) is 9.52. The minimum absolute atomic E-state index is 0.473. The largest absolute Gasteiger partial charge is 0.363 e. The zero-order valence-electron chi connectivity index (χ0n) is 7.94. The number of anilines is 1. The van der Waals surface area contributed by atoms with Gasteiger partial charge in [-0.1, -0.05) is 5.16 Å². The summed E-state index contributed by atoms with van der Waals surface area (Å²) in [7, 11) is 0. The Hall–Kier alpha value is -1.50. The van der Waals surface area contributed by atoms with Gasteiger partial charge < -0.3 is 9.84 Å². The molecule has 0 saturated heterocycles. The number of nitrogens with one attached hydrogen (secondary N) is 1. The molecule has 0 radical (unpaired) electrons. The van der Waals surface area contributed by atoms with Crippen LogP contribution in [0.5, 0.6) is 0 Å². The third-order valence-electron chi connectivity index (χ3n) is 1.63. The van der Waals surface area contributed by atoms with E-state index in [9.17, 15) is 0 Å². The lowest BCUT2D eigenvalue weighted by Crippen LogP contribution is -2.03. The van der Waals surface area contributed by atoms with Crippen molar-refractivity contribution in [1.82, 2.24) is 20.1 Å². The second-order valence-electron chi connectivity index (χ2n) is 2.81. The Bertz CT molecular complexity index is 458. The van der Waals surface area contributed by atoms with Crippen molar-refractivity contribution in [3.05, 3.63) is 28.7 Å². The average molecular weight is 270 g/mol. The molecule has 6 nitrogen and oxygen atoms in total. The Morgan fingerprint density at radius 1 is 1.47 bits per heavy atom. The van der Waals surface area contributed by atoms with Crippen LogP contribution in [0.3, 0.4) is 0 Å². The van der Waals surface area contributed by atoms with Gasteiger partial charge in [-0.3, -0.25) is 0 Å². The molecule has 0 atom stereocenters. The predicted molar refractivity (Wildman–Crippen MR) is 56.1 cm³/mol. The molecule has 2 aromatic rings. The summed E-state index contributed by atoms with van der Waals surface area (Å²) in [5.74, 6) is 1.86. The van der Waals surface area contributed by atoms with E-state index >= 15 is 0 Å². The highest BCUT2D eigenvalue weighted by atomic mass is 79.9. The molecule has 0 aliphatic carbocycles. The summed E-state index contributed by atoms with van der Waals surface area (Å²) in [5, 5.41) is 6.80. The second kappa shape index (κ2) is 4.35. The number of hydrogen-bond acceptors (Lipinski definition) is 6. The van der Waals surface area contributed by atoms with Crippen LogP contribution in [0.4, 0.5) is 5.82 Å². The Morgan fingerprint density at radius 3 is 3.00 bits per heavy atom. The summed E-state index contributed by atoms with van der Waals surface area (Å²) in [6.07, 6.45) is 1.47. The van der Waals surface area contributed by atoms with Gasteiger partial charge in [-0.2, -0.15) is 4.98 Å². The second-order valence-corrected chi connectivity index (χ2v) is 3.62. The maximum absolute atomic E-state index is 4.83. The van der Waals surface area contributed by atoms with Gasteiger partial charge in [-0.25, -0.2) is 9.97 Å². The first kappa shape index (κ1) is 10.0. The van der Waals surface area contributed by atoms with E-state index in [0.29, 0.717) is 24.1 Å². The van der Waals surface area contributed by atoms with Gasteiger partial charge in [0, 0.05) is 13.0 Å². The Balaban J connectivity index is 1.99. The molecular formula is C8H8BrN5O. The van der Waals surface area contributed by atoms with Gasteiger partial charge in [0.1, 0.15) is 16.7 Å². The molecule has 0 amide bonds. The normalized spacial score (nSPS) is 10.3. The molecule has 2 aromatic heterocycles. The van der Waals surface area contributed by atoms with E-state index in [0.717, 1.165) is 4.60 Å². The lowest BCUT2D eigenvalue weighted by Gasteiger charge is -2.01. The first-order chi connectivity index (χ1) is 7.24. The molecule has 78 valence electrons. The van der Waals surface area contributed by atoms with Crippen molar-refractivity contribution in [3.8, 4) is 0 Å². The summed E-state index contributed by atoms with van der Waals surface area (Å²) in [4.78, 5) is 12.0. The highest BCUT2D eigenvalue weighted by Gasteiger charge is 2.02. The van der Waals surface area contributed by atoms with Crippen molar-refractivity contribution < 1.29 is 4.52 Å². The van der Waals surface area contributed by atoms with E-state index in [-0.39, 0.29) is 0 Å². The molecule has 0 spiro atoms. The molecule has 0 aliphatic heterocycles. The van der Waals surface area contributed by atoms with Crippen molar-refractivity contribution in [2.75, 3.05) is 5.32 Å². The monoisotopic (exact) mass is 269 g/mol. The lowest BCUT2D eigenvalue weighted by molar-refractivity contribution is 0.388. The summed E-state index contributed by atoms with van der Waals surface area (Å²) in [6.45, 7) is 2.22. The van der Waals surface area contributed by atoms with Gasteiger partial charge in [-0.15, -0.1) is 0 Å². The molecule has 15 heavy (non-hydrogen) atoms. The lowest BCUT2D eigenvalue weighted by atomic mass is 10.5. The van der Waals surface area contributed by atoms with Crippen LogP contribution in [0.2, 0.25) is 0 Å². The highest BCUT2D eigenvalue weighted by molar-refractivity contribution is 9.10. The van der Waals surface area contributed by atoms with Gasteiger partial charge in [0.15, 0.2) is 5.82 Å². The summed E-state index contributed by atoms with van der Waals surface area (Å²) in [6, 6.07) is 1.77. The minimum Gasteiger partial charge on any atom is -0.363 e. The van der Waals surface area contributed by atoms with E-state index in [1.807, 2.05) is 0 Å². The zero-order chi connectivity index (χ0) is 10.7. The number of halogens is 1. The topological polar surface area (TPSA) is 76.7 Å². The Labute approximate surface area is 94.3 Å². The number of nitrogens with zero attached hydrogens (tertiary/aromatic N) is 4. The molecular weight excluding hydrogens is 262 g/mol. The van der Waals surface area contributed by atoms with E-state index in [4.69, 9.17) is 4.52 Å². The first-order valence-corrected chi connectivity index (χ1v) is 5.04. The maximum atomic E-state index is 4.83. The third-order valence-corrected chi connectivity index (χ3v) is 2.06. The van der Waals surface area contributed by atoms with Crippen molar-refractivity contribution in [1.29, 1.82) is 0 Å². The minimum atomic E-state index is 0.473. The van der Waals surface area contributed by atoms with Crippen molar-refractivity contribution in [2.24, 2.45) is 0 Å². The van der Waals surface area contributed by atoms with Crippen LogP contribution in [0.25, 0.3) is 0 Å². The molecule has 0 saturated carbocycles. The summed E-state index contributed by atoms with van der Waals surface area (Å²) in [5.41, 5.74) is 0. The SMILES string of the molecule is Cc1nc(CNc2cc(Br)ncn2)no1. The molecule has 0 unspecified atom stereocenters. The Kier molecular flexibility index (Phi) is 2.91. The van der Waals surface area contributed by atoms with Crippen LogP contribution in [0.15, 0.2) is 21.5 Å². The fraction of sp³-hybridized carbons (Fsp3) is 0.250. The van der Waals surface area contributed by atoms with Gasteiger partial charge in [-0.05, 0) is 15.9 Å². The van der Waals surface area contributed by atoms with Crippen molar-refractivity contribution in [2.45, 2.75) is 13.5 Å². The van der Waals surface area contributed by atoms with Crippen LogP contribution in [-0.2, 0) is 6.54 Å². The maximum Gasteiger partial charge on any atom is 0.223 e. The third kappa shape index (κ3) is 2.72. The van der Waals surface area contributed by atoms with Crippen LogP contribution >= 0.6 is 15.9 Å². The summed E-state index contributed by atoms with van der Waals surface area (Å²) < 4.78 is 5.56. The number of rotatable bonds is 3. The van der Waals surface area contributed by atoms with Gasteiger partial charge >= 0.3 is 0 Å². The van der Waals surface area contributed by atoms with E-state index in [1.54, 1.807) is 13.0 Å². The molecule has 1 N–H and O–H groups in total. The fourth-order valence-electron chi connectivity index (χ4n) is 1.01. The molecule has 0 aromatic carbocycles. The van der Waals surface area contributed by atoms with Crippen LogP contribution in [0.1, 0.15) is 11.7 Å². The molecule has 0 aliphatic rings. The molecule has 0 bridgehead atoms. The first-order valence-electron chi connectivity index (χ1n) is 4.24. The van der Waals surface area contributed by atoms with E-state index in [1.165, 1.54) is 6.33 Å². The van der Waals surface area contributed by atoms with Crippen molar-refractivity contribution >= 4 is 21.7 Å². The smallest absolute Gasteiger partial charge is 0.223 e. The Morgan fingerprint density at radius 2 is 2.33 bits per heavy atom. The molecule has 2 heterocycles. The van der Waals surface area contributed by atoms with Crippen LogP contribution < -0.4 is 5.32 Å². The van der Waals surface area contributed by atoms with Crippen LogP contribution in [-0.4, -0.2) is 20.1 Å². The van der Waals surface area contributed by atoms with Gasteiger partial charge in [0.05, 0.1) is 6.54 Å². The summed E-state index contributed by atoms with van der Waals surface area (Å²) >= 11 is 3.25. The number of hydrogen-bond donors (Lipinski definition) is 1. The van der Waals surface area contributed by atoms with Gasteiger partial charge in [0.25, 0.3) is 0 Å². The fourth-order valence-corrected chi connectivity index (χ4v) is 1.32. The average Bonchev–Trinajstić information content (AvgIpc) is 2.62. The number of aryl methyl sites for hydroxylation is 1. The standard InChI is InChI=1S/C8H8BrN5O/c1-5-13-8(14-15-5)3-10-7-2-6(9)11-4-12-7/h2,4H,3H2,1H3,(H,10,11,12). The predicted octanol–water partition coefficient (Wildman–Crippen LogP) is 1.54. The quantitative estimate of drug-likeness (QED) is 0.852. The van der Waals surface area contributed by atoms with Gasteiger partial charge in [0.2, 0.25) is 5.89 Å². The van der Waals surface area contributed by atoms with Crippen molar-refractivity contribution in [3.63, 3.8) is 0 Å². The van der Waals surface area contributed by atoms with E-state index in [2.05, 4.69) is 41.4 Å². The molecule has 2 rings (SSSR count). The highest BCUT2D eigenvalue weighted by Crippen LogP contribution is 2.10. The van der Waals surface area contributed by atoms with Crippen LogP contribution in [0, 0.1) is 6.92 Å².